The Morgan fingerprint density at radius 1 is 1.36 bits per heavy atom. The standard InChI is InChI=1S/C17H20N2O2.ClH/c1-18-9-13-10-21-11-16-14(4-3-5-15(13)16)12-6-7-19-17(8-12)20-2;/h3-8,13,18H,9-11H2,1-2H3;1H. The fraction of sp³-hybridized carbons (Fsp3) is 0.353. The summed E-state index contributed by atoms with van der Waals surface area (Å²) in [5.74, 6) is 1.04. The highest BCUT2D eigenvalue weighted by molar-refractivity contribution is 5.85. The first kappa shape index (κ1) is 16.7. The van der Waals surface area contributed by atoms with Crippen molar-refractivity contribution in [2.24, 2.45) is 0 Å². The monoisotopic (exact) mass is 320 g/mol. The molecule has 1 aliphatic rings. The van der Waals surface area contributed by atoms with E-state index in [1.54, 1.807) is 13.3 Å². The molecule has 1 N–H and O–H groups in total. The molecule has 2 heterocycles. The molecule has 0 bridgehead atoms. The molecule has 0 fully saturated rings. The average Bonchev–Trinajstić information content (AvgIpc) is 2.55. The normalized spacial score (nSPS) is 16.5. The molecule has 4 nitrogen and oxygen atoms in total. The van der Waals surface area contributed by atoms with E-state index in [-0.39, 0.29) is 12.4 Å². The lowest BCUT2D eigenvalue weighted by atomic mass is 9.88. The number of rotatable bonds is 4. The zero-order chi connectivity index (χ0) is 14.7. The second-order valence-electron chi connectivity index (χ2n) is 5.23. The van der Waals surface area contributed by atoms with Gasteiger partial charge in [-0.05, 0) is 35.4 Å². The molecule has 1 aliphatic heterocycles. The smallest absolute Gasteiger partial charge is 0.213 e. The van der Waals surface area contributed by atoms with Crippen LogP contribution in [0.5, 0.6) is 5.88 Å². The summed E-state index contributed by atoms with van der Waals surface area (Å²) in [5.41, 5.74) is 4.97. The number of benzene rings is 1. The molecule has 0 aliphatic carbocycles. The van der Waals surface area contributed by atoms with E-state index in [4.69, 9.17) is 9.47 Å². The maximum absolute atomic E-state index is 5.79. The van der Waals surface area contributed by atoms with Crippen molar-refractivity contribution in [2.45, 2.75) is 12.5 Å². The Hall–Kier alpha value is -1.62. The molecule has 0 radical (unpaired) electrons. The predicted molar refractivity (Wildman–Crippen MR) is 89.8 cm³/mol. The number of halogens is 1. The third kappa shape index (κ3) is 3.24. The lowest BCUT2D eigenvalue weighted by molar-refractivity contribution is 0.0915. The van der Waals surface area contributed by atoms with Crippen LogP contribution in [0.1, 0.15) is 17.0 Å². The Kier molecular flexibility index (Phi) is 5.77. The minimum absolute atomic E-state index is 0. The van der Waals surface area contributed by atoms with Gasteiger partial charge >= 0.3 is 0 Å². The number of likely N-dealkylation sites (N-methyl/N-ethyl adjacent to an activating group) is 1. The first-order valence-electron chi connectivity index (χ1n) is 7.18. The molecule has 22 heavy (non-hydrogen) atoms. The fourth-order valence-electron chi connectivity index (χ4n) is 2.92. The quantitative estimate of drug-likeness (QED) is 0.940. The summed E-state index contributed by atoms with van der Waals surface area (Å²) in [4.78, 5) is 4.18. The molecule has 5 heteroatoms. The van der Waals surface area contributed by atoms with Gasteiger partial charge in [0.25, 0.3) is 0 Å². The molecular weight excluding hydrogens is 300 g/mol. The molecule has 0 spiro atoms. The highest BCUT2D eigenvalue weighted by atomic mass is 35.5. The molecule has 1 atom stereocenters. The van der Waals surface area contributed by atoms with Crippen LogP contribution in [-0.4, -0.2) is 32.3 Å². The molecule has 1 aromatic heterocycles. The number of methoxy groups -OCH3 is 1. The zero-order valence-corrected chi connectivity index (χ0v) is 13.7. The second-order valence-corrected chi connectivity index (χ2v) is 5.23. The third-order valence-electron chi connectivity index (χ3n) is 3.92. The Balaban J connectivity index is 0.00000176. The van der Waals surface area contributed by atoms with Gasteiger partial charge in [0.1, 0.15) is 0 Å². The minimum atomic E-state index is 0. The van der Waals surface area contributed by atoms with Gasteiger partial charge in [-0.2, -0.15) is 0 Å². The number of pyridine rings is 1. The van der Waals surface area contributed by atoms with Crippen LogP contribution >= 0.6 is 12.4 Å². The Labute approximate surface area is 137 Å². The van der Waals surface area contributed by atoms with Gasteiger partial charge in [0.2, 0.25) is 5.88 Å². The largest absolute Gasteiger partial charge is 0.481 e. The zero-order valence-electron chi connectivity index (χ0n) is 12.8. The number of nitrogens with one attached hydrogen (secondary N) is 1. The lowest BCUT2D eigenvalue weighted by Crippen LogP contribution is -2.26. The van der Waals surface area contributed by atoms with Gasteiger partial charge in [0.15, 0.2) is 0 Å². The van der Waals surface area contributed by atoms with Crippen molar-refractivity contribution in [1.82, 2.24) is 10.3 Å². The van der Waals surface area contributed by atoms with E-state index >= 15 is 0 Å². The first-order valence-corrected chi connectivity index (χ1v) is 7.18. The minimum Gasteiger partial charge on any atom is -0.481 e. The average molecular weight is 321 g/mol. The van der Waals surface area contributed by atoms with Crippen LogP contribution in [0.15, 0.2) is 36.5 Å². The van der Waals surface area contributed by atoms with Crippen molar-refractivity contribution in [3.05, 3.63) is 47.7 Å². The van der Waals surface area contributed by atoms with Gasteiger partial charge in [-0.3, -0.25) is 0 Å². The Morgan fingerprint density at radius 3 is 3.00 bits per heavy atom. The van der Waals surface area contributed by atoms with E-state index in [0.717, 1.165) is 18.7 Å². The summed E-state index contributed by atoms with van der Waals surface area (Å²) >= 11 is 0. The number of ether oxygens (including phenoxy) is 2. The summed E-state index contributed by atoms with van der Waals surface area (Å²) < 4.78 is 11.0. The maximum Gasteiger partial charge on any atom is 0.213 e. The molecule has 0 saturated heterocycles. The van der Waals surface area contributed by atoms with Crippen molar-refractivity contribution >= 4 is 12.4 Å². The SMILES string of the molecule is CNCC1COCc2c(-c3ccnc(OC)c3)cccc21.Cl. The highest BCUT2D eigenvalue weighted by Crippen LogP contribution is 2.34. The van der Waals surface area contributed by atoms with Crippen LogP contribution in [0.2, 0.25) is 0 Å². The van der Waals surface area contributed by atoms with Crippen LogP contribution in [0.25, 0.3) is 11.1 Å². The first-order chi connectivity index (χ1) is 10.3. The highest BCUT2D eigenvalue weighted by Gasteiger charge is 2.22. The van der Waals surface area contributed by atoms with E-state index < -0.39 is 0 Å². The van der Waals surface area contributed by atoms with E-state index in [0.29, 0.717) is 18.4 Å². The molecule has 2 aromatic rings. The molecule has 3 rings (SSSR count). The summed E-state index contributed by atoms with van der Waals surface area (Å²) in [6, 6.07) is 10.5. The summed E-state index contributed by atoms with van der Waals surface area (Å²) in [6.45, 7) is 2.36. The Morgan fingerprint density at radius 2 is 2.23 bits per heavy atom. The predicted octanol–water partition coefficient (Wildman–Crippen LogP) is 3.01. The van der Waals surface area contributed by atoms with Gasteiger partial charge in [0.05, 0.1) is 20.3 Å². The van der Waals surface area contributed by atoms with Gasteiger partial charge in [-0.1, -0.05) is 18.2 Å². The Bertz CT molecular complexity index is 634. The van der Waals surface area contributed by atoms with E-state index in [1.807, 2.05) is 19.2 Å². The van der Waals surface area contributed by atoms with Crippen molar-refractivity contribution in [3.63, 3.8) is 0 Å². The van der Waals surface area contributed by atoms with Gasteiger partial charge in [-0.25, -0.2) is 4.98 Å². The number of hydrogen-bond donors (Lipinski definition) is 1. The topological polar surface area (TPSA) is 43.4 Å². The van der Waals surface area contributed by atoms with Gasteiger partial charge in [-0.15, -0.1) is 12.4 Å². The van der Waals surface area contributed by atoms with Crippen LogP contribution in [0.3, 0.4) is 0 Å². The van der Waals surface area contributed by atoms with Gasteiger partial charge < -0.3 is 14.8 Å². The van der Waals surface area contributed by atoms with Crippen LogP contribution in [-0.2, 0) is 11.3 Å². The molecule has 1 aromatic carbocycles. The fourth-order valence-corrected chi connectivity index (χ4v) is 2.92. The van der Waals surface area contributed by atoms with E-state index in [9.17, 15) is 0 Å². The maximum atomic E-state index is 5.79. The third-order valence-corrected chi connectivity index (χ3v) is 3.92. The van der Waals surface area contributed by atoms with Crippen molar-refractivity contribution in [1.29, 1.82) is 0 Å². The van der Waals surface area contributed by atoms with E-state index in [2.05, 4.69) is 28.5 Å². The second kappa shape index (κ2) is 7.58. The number of hydrogen-bond acceptors (Lipinski definition) is 4. The van der Waals surface area contributed by atoms with Crippen molar-refractivity contribution < 1.29 is 9.47 Å². The number of aromatic nitrogens is 1. The number of fused-ring (bicyclic) bond motifs is 1. The number of nitrogens with zero attached hydrogens (tertiary/aromatic N) is 1. The van der Waals surface area contributed by atoms with Crippen LogP contribution < -0.4 is 10.1 Å². The van der Waals surface area contributed by atoms with E-state index in [1.165, 1.54) is 16.7 Å². The molecule has 0 amide bonds. The van der Waals surface area contributed by atoms with Crippen molar-refractivity contribution in [2.75, 3.05) is 27.3 Å². The molecule has 118 valence electrons. The summed E-state index contributed by atoms with van der Waals surface area (Å²) in [7, 11) is 3.62. The molecular formula is C17H21ClN2O2. The van der Waals surface area contributed by atoms with Gasteiger partial charge in [0, 0.05) is 24.7 Å². The van der Waals surface area contributed by atoms with Crippen LogP contribution in [0.4, 0.5) is 0 Å². The lowest BCUT2D eigenvalue weighted by Gasteiger charge is -2.27. The summed E-state index contributed by atoms with van der Waals surface area (Å²) in [5, 5.41) is 3.25. The van der Waals surface area contributed by atoms with Crippen LogP contribution in [0, 0.1) is 0 Å². The van der Waals surface area contributed by atoms with Crippen molar-refractivity contribution in [3.8, 4) is 17.0 Å². The molecule has 0 saturated carbocycles. The molecule has 1 unspecified atom stereocenters. The summed E-state index contributed by atoms with van der Waals surface area (Å²) in [6.07, 6.45) is 1.78.